The molecule has 16 rings (SSSR count). The summed E-state index contributed by atoms with van der Waals surface area (Å²) < 4.78 is 25.7. The number of aromatic hydroxyl groups is 3. The molecule has 32 nitrogen and oxygen atoms in total. The standard InChI is InChI=1S/C78H89ClN10O22/c1-31(2)16-47(80-5)70(100)88-62-64(95)37-9-14-51(33(4)17-37)108-53-25-41-26-54(69(53)111-77-68(99)67(98)66(97)55(30-90)110-77)109-52-15-10-38(24-46(52)79)65(96)63-76(106)87-61(74(104)84-58-39-19-34-18-35(21-39)22-40(58)20-34)45-27-43(91)28-50(93)57(45)44-23-36(8-13-49(44)92)59(72(102)89-63)86-73(103)60(41)85-71(101)48(82-75(62)105)29-56(94)83-78(107)81-42-11-6-32(3)7-12-42/h6-9,11-15,17,23-28,31,34-35,38-40,47-48,55,58-68,77,80,90-93,95-99H,10,16,18-22,29-30H2,1-5H3,(H,82,105)(H,84,104)(H,85,101)(H,86,103)(H,87,106)(H,88,100)(H,89,102)(H2,81,83,94,107)/t34?,35?,38-,39?,40?,47+,48-,55+,58?,59+,60+,61-,62+,63-,64+,65+,66+,67-,68+,77-/m0/s1. The Labute approximate surface area is 641 Å². The predicted molar refractivity (Wildman–Crippen MR) is 393 cm³/mol. The third-order valence-electron chi connectivity index (χ3n) is 22.1. The SMILES string of the molecule is CN[C@H](CC(C)C)C(=O)N[C@H]1C(=O)N[C@@H](CC(=O)NC(=O)Nc2ccc(C)cc2)C(=O)N[C@H]2C(=O)N[C@H]3C(=O)N[C@H](C(=O)N[C@H](C(=O)NC4C5CC6CC(C5)CC4C6)c4cc(O)cc(O)c4-c4cc3ccc4O)[C@H](O)[C@@H]3C=C(Cl)C(=CC3)Oc3cc2cc(c3O[C@@H]2O[C@H](CO)[C@@H](O)[C@H](O)[C@H]2O)Oc2ccc(cc2C)[C@H]1O. The zero-order valence-electron chi connectivity index (χ0n) is 60.9. The molecular weight excluding hydrogens is 1460 g/mol. The van der Waals surface area contributed by atoms with Crippen molar-refractivity contribution < 1.29 is 108 Å². The molecule has 15 atom stereocenters. The topological polar surface area (TPSA) is 493 Å². The highest BCUT2D eigenvalue weighted by atomic mass is 35.5. The van der Waals surface area contributed by atoms with E-state index in [0.717, 1.165) is 74.1 Å². The summed E-state index contributed by atoms with van der Waals surface area (Å²) in [4.78, 5) is 137. The molecule has 5 fully saturated rings. The quantitative estimate of drug-likeness (QED) is 0.0806. The van der Waals surface area contributed by atoms with Gasteiger partial charge in [0.25, 0.3) is 0 Å². The van der Waals surface area contributed by atoms with Crippen LogP contribution in [0.1, 0.15) is 123 Å². The minimum atomic E-state index is -2.33. The zero-order chi connectivity index (χ0) is 79.3. The van der Waals surface area contributed by atoms with Crippen molar-refractivity contribution in [3.63, 3.8) is 0 Å². The van der Waals surface area contributed by atoms with E-state index in [2.05, 4.69) is 53.2 Å². The Kier molecular flexibility index (Phi) is 23.0. The maximum Gasteiger partial charge on any atom is 0.325 e. The monoisotopic (exact) mass is 1550 g/mol. The number of carbonyl (C=O) groups is 9. The fourth-order valence-corrected chi connectivity index (χ4v) is 16.9. The molecule has 19 N–H and O–H groups in total. The molecule has 111 heavy (non-hydrogen) atoms. The summed E-state index contributed by atoms with van der Waals surface area (Å²) in [5.41, 5.74) is -0.451. The van der Waals surface area contributed by atoms with E-state index in [1.165, 1.54) is 62.5 Å². The average Bonchev–Trinajstić information content (AvgIpc) is 0.753. The highest BCUT2D eigenvalue weighted by Crippen LogP contribution is 2.55. The van der Waals surface area contributed by atoms with Crippen LogP contribution < -0.4 is 67.4 Å². The fraction of sp³-hybridized carbons (Fsp3) is 0.449. The molecule has 11 aliphatic rings. The summed E-state index contributed by atoms with van der Waals surface area (Å²) in [7, 11) is 1.49. The van der Waals surface area contributed by atoms with Gasteiger partial charge in [0, 0.05) is 34.8 Å². The summed E-state index contributed by atoms with van der Waals surface area (Å²) >= 11 is 7.20. The van der Waals surface area contributed by atoms with Crippen LogP contribution in [0.25, 0.3) is 11.1 Å². The second kappa shape index (κ2) is 32.5. The lowest BCUT2D eigenvalue weighted by molar-refractivity contribution is -0.277. The molecule has 5 aromatic rings. The van der Waals surface area contributed by atoms with Gasteiger partial charge in [-0.1, -0.05) is 61.4 Å². The number of aryl methyl sites for hydroxylation is 2. The van der Waals surface area contributed by atoms with Gasteiger partial charge in [-0.05, 0) is 184 Å². The van der Waals surface area contributed by atoms with Gasteiger partial charge in [0.2, 0.25) is 59.3 Å². The molecule has 4 saturated carbocycles. The number of amides is 10. The molecule has 1 saturated heterocycles. The summed E-state index contributed by atoms with van der Waals surface area (Å²) in [6, 6.07) is 2.79. The number of aliphatic hydroxyl groups excluding tert-OH is 6. The number of ether oxygens (including phenoxy) is 4. The second-order valence-corrected chi connectivity index (χ2v) is 30.8. The van der Waals surface area contributed by atoms with E-state index in [1.807, 2.05) is 13.8 Å². The Morgan fingerprint density at radius 1 is 0.667 bits per heavy atom. The van der Waals surface area contributed by atoms with Crippen LogP contribution in [0.15, 0.2) is 108 Å². The van der Waals surface area contributed by atoms with Crippen LogP contribution in [-0.2, 0) is 43.1 Å². The number of hydrogen-bond donors (Lipinski definition) is 19. The first-order valence-electron chi connectivity index (χ1n) is 36.8. The van der Waals surface area contributed by atoms with Crippen LogP contribution in [-0.4, -0.2) is 180 Å². The molecule has 0 spiro atoms. The largest absolute Gasteiger partial charge is 0.508 e. The number of nitrogens with one attached hydrogen (secondary N) is 10. The van der Waals surface area contributed by atoms with Gasteiger partial charge in [-0.2, -0.15) is 0 Å². The maximum absolute atomic E-state index is 16.4. The molecule has 590 valence electrons. The predicted octanol–water partition coefficient (Wildman–Crippen LogP) is 2.84. The average molecular weight is 1550 g/mol. The van der Waals surface area contributed by atoms with Crippen molar-refractivity contribution >= 4 is 70.6 Å². The van der Waals surface area contributed by atoms with Gasteiger partial charge in [0.15, 0.2) is 11.5 Å². The molecule has 0 radical (unpaired) electrons. The number of benzene rings is 5. The molecule has 5 aliphatic carbocycles. The third-order valence-corrected chi connectivity index (χ3v) is 22.4. The van der Waals surface area contributed by atoms with E-state index in [4.69, 9.17) is 30.5 Å². The van der Waals surface area contributed by atoms with Gasteiger partial charge >= 0.3 is 6.03 Å². The minimum absolute atomic E-state index is 0.0406. The number of likely N-dealkylation sites (N-methyl/N-ethyl adjacent to an activating group) is 1. The number of halogens is 1. The Bertz CT molecular complexity index is 4550. The van der Waals surface area contributed by atoms with Crippen molar-refractivity contribution in [1.82, 2.24) is 47.9 Å². The van der Waals surface area contributed by atoms with Crippen molar-refractivity contribution in [3.8, 4) is 51.4 Å². The van der Waals surface area contributed by atoms with E-state index in [-0.39, 0.29) is 92.2 Å². The van der Waals surface area contributed by atoms with Gasteiger partial charge in [0.05, 0.1) is 30.2 Å². The van der Waals surface area contributed by atoms with Crippen LogP contribution in [0, 0.1) is 49.4 Å². The molecule has 33 heteroatoms. The molecule has 6 aliphatic heterocycles. The molecule has 6 heterocycles. The number of fused-ring (bicyclic) bond motifs is 14. The van der Waals surface area contributed by atoms with Gasteiger partial charge in [-0.25, -0.2) is 4.79 Å². The first-order valence-corrected chi connectivity index (χ1v) is 37.2. The number of imide groups is 1. The molecule has 10 amide bonds. The lowest BCUT2D eigenvalue weighted by Crippen LogP contribution is -2.60. The number of urea groups is 1. The number of carbonyl (C=O) groups excluding carboxylic acids is 9. The number of phenolic OH excluding ortho intramolecular Hbond substituents is 3. The number of aliphatic hydroxyl groups is 6. The Morgan fingerprint density at radius 2 is 1.33 bits per heavy atom. The van der Waals surface area contributed by atoms with Crippen LogP contribution in [0.3, 0.4) is 0 Å². The second-order valence-electron chi connectivity index (χ2n) is 30.4. The Morgan fingerprint density at radius 3 is 2.00 bits per heavy atom. The molecule has 5 aromatic carbocycles. The number of allylic oxidation sites excluding steroid dienone is 2. The van der Waals surface area contributed by atoms with E-state index in [0.29, 0.717) is 11.8 Å². The number of phenols is 3. The third kappa shape index (κ3) is 16.7. The summed E-state index contributed by atoms with van der Waals surface area (Å²) in [5.74, 6) is -13.7. The molecule has 0 aromatic heterocycles. The van der Waals surface area contributed by atoms with E-state index in [9.17, 15) is 60.3 Å². The number of hydrogen-bond acceptors (Lipinski definition) is 23. The number of rotatable bonds is 13. The minimum Gasteiger partial charge on any atom is -0.508 e. The van der Waals surface area contributed by atoms with Gasteiger partial charge in [0.1, 0.15) is 95.5 Å². The van der Waals surface area contributed by atoms with Crippen LogP contribution >= 0.6 is 11.6 Å². The van der Waals surface area contributed by atoms with Gasteiger partial charge in [-0.3, -0.25) is 43.7 Å². The maximum atomic E-state index is 16.4. The van der Waals surface area contributed by atoms with Crippen molar-refractivity contribution in [1.29, 1.82) is 0 Å². The lowest BCUT2D eigenvalue weighted by Gasteiger charge is -2.54. The lowest BCUT2D eigenvalue weighted by atomic mass is 9.54. The fourth-order valence-electron chi connectivity index (χ4n) is 16.6. The van der Waals surface area contributed by atoms with Gasteiger partial charge in [-0.15, -0.1) is 0 Å². The highest BCUT2D eigenvalue weighted by Gasteiger charge is 2.51. The van der Waals surface area contributed by atoms with E-state index < -0.39 is 198 Å². The number of anilines is 1. The summed E-state index contributed by atoms with van der Waals surface area (Å²) in [6.07, 6.45) is -7.89. The zero-order valence-corrected chi connectivity index (χ0v) is 61.7. The first kappa shape index (κ1) is 78.7. The molecule has 15 bridgehead atoms. The summed E-state index contributed by atoms with van der Waals surface area (Å²) in [5, 5.41) is 131. The molecular formula is C78H89ClN10O22. The van der Waals surface area contributed by atoms with Crippen molar-refractivity contribution in [2.45, 2.75) is 170 Å². The van der Waals surface area contributed by atoms with E-state index in [1.54, 1.807) is 19.1 Å². The van der Waals surface area contributed by atoms with E-state index >= 15 is 28.8 Å². The van der Waals surface area contributed by atoms with Crippen LogP contribution in [0.4, 0.5) is 10.5 Å². The highest BCUT2D eigenvalue weighted by molar-refractivity contribution is 6.31. The Balaban J connectivity index is 0.994. The summed E-state index contributed by atoms with van der Waals surface area (Å²) in [6.45, 7) is 6.04. The van der Waals surface area contributed by atoms with Gasteiger partial charge < -0.3 is 113 Å². The van der Waals surface area contributed by atoms with Crippen molar-refractivity contribution in [2.75, 3.05) is 19.0 Å². The van der Waals surface area contributed by atoms with Crippen LogP contribution in [0.5, 0.6) is 40.2 Å². The van der Waals surface area contributed by atoms with Crippen LogP contribution in [0.2, 0.25) is 0 Å². The normalized spacial score (nSPS) is 29.9. The Hall–Kier alpha value is -10.4. The first-order chi connectivity index (χ1) is 52.9. The smallest absolute Gasteiger partial charge is 0.325 e. The van der Waals surface area contributed by atoms with Crippen molar-refractivity contribution in [3.05, 3.63) is 141 Å². The molecule has 0 unspecified atom stereocenters. The van der Waals surface area contributed by atoms with Crippen molar-refractivity contribution in [2.24, 2.45) is 35.5 Å².